The van der Waals surface area contributed by atoms with Gasteiger partial charge >= 0.3 is 5.97 Å². The molecule has 0 saturated heterocycles. The zero-order valence-electron chi connectivity index (χ0n) is 16.7. The summed E-state index contributed by atoms with van der Waals surface area (Å²) >= 11 is 9.30. The molecule has 156 valence electrons. The lowest BCUT2D eigenvalue weighted by molar-refractivity contribution is 0.0697. The second-order valence-corrected chi connectivity index (χ2v) is 9.00. The van der Waals surface area contributed by atoms with Crippen LogP contribution in [0.5, 0.6) is 5.75 Å². The summed E-state index contributed by atoms with van der Waals surface area (Å²) in [7, 11) is 0. The molecule has 1 heterocycles. The maximum absolute atomic E-state index is 11.6. The molecule has 1 aromatic heterocycles. The molecule has 0 saturated carbocycles. The van der Waals surface area contributed by atoms with Crippen molar-refractivity contribution in [2.75, 3.05) is 6.26 Å². The lowest BCUT2D eigenvalue weighted by atomic mass is 10.0. The van der Waals surface area contributed by atoms with Gasteiger partial charge in [0.1, 0.15) is 12.4 Å². The maximum atomic E-state index is 11.6. The van der Waals surface area contributed by atoms with Gasteiger partial charge in [-0.15, -0.1) is 23.1 Å². The molecule has 6 heteroatoms. The lowest BCUT2D eigenvalue weighted by Gasteiger charge is -2.14. The van der Waals surface area contributed by atoms with Gasteiger partial charge in [0.25, 0.3) is 0 Å². The molecule has 0 radical (unpaired) electrons. The SMILES string of the molecule is CSc1ccc(OCc2ccccc2)c(-c2ccsc2-c2ccc(Cl)c(C(=O)O)c2)c1. The summed E-state index contributed by atoms with van der Waals surface area (Å²) in [5, 5.41) is 11.7. The van der Waals surface area contributed by atoms with Gasteiger partial charge in [-0.2, -0.15) is 0 Å². The first-order valence-electron chi connectivity index (χ1n) is 9.52. The normalized spacial score (nSPS) is 10.8. The van der Waals surface area contributed by atoms with Crippen LogP contribution in [-0.4, -0.2) is 17.3 Å². The summed E-state index contributed by atoms with van der Waals surface area (Å²) in [5.41, 5.74) is 3.98. The Kier molecular flexibility index (Phi) is 6.66. The lowest BCUT2D eigenvalue weighted by Crippen LogP contribution is -1.98. The third-order valence-electron chi connectivity index (χ3n) is 4.84. The molecule has 0 bridgehead atoms. The van der Waals surface area contributed by atoms with Crippen LogP contribution in [0, 0.1) is 0 Å². The monoisotopic (exact) mass is 466 g/mol. The minimum absolute atomic E-state index is 0.0944. The van der Waals surface area contributed by atoms with Crippen molar-refractivity contribution >= 4 is 40.7 Å². The molecule has 1 N–H and O–H groups in total. The third kappa shape index (κ3) is 4.79. The molecule has 0 atom stereocenters. The first-order chi connectivity index (χ1) is 15.1. The fraction of sp³-hybridized carbons (Fsp3) is 0.0800. The van der Waals surface area contributed by atoms with Gasteiger partial charge in [0, 0.05) is 20.9 Å². The Hall–Kier alpha value is -2.73. The largest absolute Gasteiger partial charge is 0.488 e. The predicted octanol–water partition coefficient (Wildman–Crippen LogP) is 7.73. The molecule has 3 nitrogen and oxygen atoms in total. The Balaban J connectivity index is 1.76. The van der Waals surface area contributed by atoms with Crippen LogP contribution in [0.3, 0.4) is 0 Å². The number of carboxylic acids is 1. The molecular formula is C25H19ClO3S2. The van der Waals surface area contributed by atoms with E-state index in [-0.39, 0.29) is 10.6 Å². The highest BCUT2D eigenvalue weighted by Gasteiger charge is 2.17. The highest BCUT2D eigenvalue weighted by atomic mass is 35.5. The summed E-state index contributed by atoms with van der Waals surface area (Å²) in [6, 6.07) is 23.4. The van der Waals surface area contributed by atoms with E-state index in [2.05, 4.69) is 6.07 Å². The number of hydrogen-bond donors (Lipinski definition) is 1. The van der Waals surface area contributed by atoms with Gasteiger partial charge in [0.15, 0.2) is 0 Å². The molecule has 0 aliphatic carbocycles. The Morgan fingerprint density at radius 1 is 1.03 bits per heavy atom. The minimum Gasteiger partial charge on any atom is -0.488 e. The van der Waals surface area contributed by atoms with Crippen LogP contribution in [0.15, 0.2) is 83.1 Å². The average molecular weight is 467 g/mol. The fourth-order valence-electron chi connectivity index (χ4n) is 3.28. The van der Waals surface area contributed by atoms with Crippen LogP contribution >= 0.6 is 34.7 Å². The molecule has 0 spiro atoms. The summed E-state index contributed by atoms with van der Waals surface area (Å²) in [6.45, 7) is 0.468. The number of thioether (sulfide) groups is 1. The molecule has 3 aromatic carbocycles. The minimum atomic E-state index is -1.04. The number of benzene rings is 3. The van der Waals surface area contributed by atoms with E-state index < -0.39 is 5.97 Å². The standard InChI is InChI=1S/C25H19ClO3S2/c1-30-18-8-10-23(29-15-16-5-3-2-4-6-16)20(14-18)19-11-12-31-24(19)17-7-9-22(26)21(13-17)25(27)28/h2-14H,15H2,1H3,(H,27,28). The predicted molar refractivity (Wildman–Crippen MR) is 130 cm³/mol. The van der Waals surface area contributed by atoms with E-state index in [9.17, 15) is 9.90 Å². The van der Waals surface area contributed by atoms with E-state index in [1.165, 1.54) is 0 Å². The number of halogens is 1. The molecular weight excluding hydrogens is 448 g/mol. The molecule has 4 rings (SSSR count). The van der Waals surface area contributed by atoms with Crippen molar-refractivity contribution in [2.45, 2.75) is 11.5 Å². The third-order valence-corrected chi connectivity index (χ3v) is 6.86. The van der Waals surface area contributed by atoms with Crippen LogP contribution in [0.1, 0.15) is 15.9 Å². The zero-order chi connectivity index (χ0) is 21.8. The number of hydrogen-bond acceptors (Lipinski definition) is 4. The van der Waals surface area contributed by atoms with Crippen molar-refractivity contribution in [1.29, 1.82) is 0 Å². The van der Waals surface area contributed by atoms with E-state index in [4.69, 9.17) is 16.3 Å². The van der Waals surface area contributed by atoms with Gasteiger partial charge in [0.2, 0.25) is 0 Å². The van der Waals surface area contributed by atoms with Crippen molar-refractivity contribution in [1.82, 2.24) is 0 Å². The fourth-order valence-corrected chi connectivity index (χ4v) is 4.83. The van der Waals surface area contributed by atoms with E-state index >= 15 is 0 Å². The van der Waals surface area contributed by atoms with E-state index in [0.29, 0.717) is 6.61 Å². The summed E-state index contributed by atoms with van der Waals surface area (Å²) in [6.07, 6.45) is 2.04. The summed E-state index contributed by atoms with van der Waals surface area (Å²) in [5.74, 6) is -0.255. The molecule has 0 fully saturated rings. The van der Waals surface area contributed by atoms with Gasteiger partial charge in [-0.05, 0) is 59.2 Å². The zero-order valence-corrected chi connectivity index (χ0v) is 19.1. The molecule has 0 amide bonds. The number of thiophene rings is 1. The smallest absolute Gasteiger partial charge is 0.337 e. The number of ether oxygens (including phenoxy) is 1. The van der Waals surface area contributed by atoms with E-state index in [0.717, 1.165) is 37.8 Å². The number of carboxylic acid groups (broad SMARTS) is 1. The molecule has 0 aliphatic rings. The van der Waals surface area contributed by atoms with Crippen LogP contribution in [0.2, 0.25) is 5.02 Å². The Morgan fingerprint density at radius 2 is 1.84 bits per heavy atom. The summed E-state index contributed by atoms with van der Waals surface area (Å²) < 4.78 is 6.20. The van der Waals surface area contributed by atoms with Gasteiger partial charge < -0.3 is 9.84 Å². The van der Waals surface area contributed by atoms with Crippen molar-refractivity contribution in [2.24, 2.45) is 0 Å². The topological polar surface area (TPSA) is 46.5 Å². The van der Waals surface area contributed by atoms with E-state index in [1.54, 1.807) is 35.2 Å². The van der Waals surface area contributed by atoms with Crippen LogP contribution < -0.4 is 4.74 Å². The Morgan fingerprint density at radius 3 is 2.58 bits per heavy atom. The number of carbonyl (C=O) groups is 1. The first kappa shape index (κ1) is 21.5. The Labute approximate surface area is 194 Å². The number of aromatic carboxylic acids is 1. The second kappa shape index (κ2) is 9.60. The van der Waals surface area contributed by atoms with Crippen molar-refractivity contribution in [3.8, 4) is 27.3 Å². The number of rotatable bonds is 7. The molecule has 31 heavy (non-hydrogen) atoms. The quantitative estimate of drug-likeness (QED) is 0.283. The van der Waals surface area contributed by atoms with Gasteiger partial charge in [-0.1, -0.05) is 48.0 Å². The van der Waals surface area contributed by atoms with Crippen molar-refractivity contribution in [3.05, 3.63) is 94.3 Å². The van der Waals surface area contributed by atoms with Crippen LogP contribution in [0.4, 0.5) is 0 Å². The summed E-state index contributed by atoms with van der Waals surface area (Å²) in [4.78, 5) is 13.7. The maximum Gasteiger partial charge on any atom is 0.337 e. The average Bonchev–Trinajstić information content (AvgIpc) is 3.28. The van der Waals surface area contributed by atoms with E-state index in [1.807, 2.05) is 66.2 Å². The second-order valence-electron chi connectivity index (χ2n) is 6.80. The van der Waals surface area contributed by atoms with Crippen LogP contribution in [-0.2, 0) is 6.61 Å². The molecule has 0 unspecified atom stereocenters. The Bertz CT molecular complexity index is 1220. The molecule has 4 aromatic rings. The van der Waals surface area contributed by atoms with Gasteiger partial charge in [-0.3, -0.25) is 0 Å². The van der Waals surface area contributed by atoms with Gasteiger partial charge in [0.05, 0.1) is 10.6 Å². The van der Waals surface area contributed by atoms with Crippen molar-refractivity contribution in [3.63, 3.8) is 0 Å². The van der Waals surface area contributed by atoms with Gasteiger partial charge in [-0.25, -0.2) is 4.79 Å². The highest BCUT2D eigenvalue weighted by Crippen LogP contribution is 2.43. The molecule has 0 aliphatic heterocycles. The van der Waals surface area contributed by atoms with Crippen LogP contribution in [0.25, 0.3) is 21.6 Å². The van der Waals surface area contributed by atoms with Crippen molar-refractivity contribution < 1.29 is 14.6 Å². The highest BCUT2D eigenvalue weighted by molar-refractivity contribution is 7.98. The first-order valence-corrected chi connectivity index (χ1v) is 12.0.